The summed E-state index contributed by atoms with van der Waals surface area (Å²) in [6.45, 7) is 5.30. The number of hydrogen-bond donors (Lipinski definition) is 1. The molecule has 4 nitrogen and oxygen atoms in total. The molecule has 1 saturated heterocycles. The van der Waals surface area contributed by atoms with Gasteiger partial charge < -0.3 is 9.84 Å². The zero-order valence-electron chi connectivity index (χ0n) is 12.1. The molecule has 1 fully saturated rings. The second-order valence-electron chi connectivity index (χ2n) is 5.60. The van der Waals surface area contributed by atoms with Crippen molar-refractivity contribution in [3.05, 3.63) is 35.7 Å². The maximum absolute atomic E-state index is 5.59. The van der Waals surface area contributed by atoms with E-state index in [1.807, 2.05) is 18.2 Å². The predicted molar refractivity (Wildman–Crippen MR) is 78.3 cm³/mol. The van der Waals surface area contributed by atoms with Gasteiger partial charge in [-0.2, -0.15) is 4.98 Å². The molecule has 0 saturated carbocycles. The number of nitrogens with one attached hydrogen (secondary N) is 1. The van der Waals surface area contributed by atoms with Crippen LogP contribution in [0.2, 0.25) is 0 Å². The maximum atomic E-state index is 5.59. The Bertz CT molecular complexity index is 585. The van der Waals surface area contributed by atoms with Crippen LogP contribution in [0.3, 0.4) is 0 Å². The topological polar surface area (TPSA) is 51.0 Å². The summed E-state index contributed by atoms with van der Waals surface area (Å²) in [5.41, 5.74) is 2.11. The second kappa shape index (κ2) is 5.37. The quantitative estimate of drug-likeness (QED) is 0.925. The molecule has 1 aromatic heterocycles. The molecule has 0 radical (unpaired) electrons. The molecule has 106 valence electrons. The van der Waals surface area contributed by atoms with E-state index in [-0.39, 0.29) is 5.54 Å². The third-order valence-electron chi connectivity index (χ3n) is 4.14. The summed E-state index contributed by atoms with van der Waals surface area (Å²) >= 11 is 0. The van der Waals surface area contributed by atoms with Gasteiger partial charge in [0.25, 0.3) is 0 Å². The summed E-state index contributed by atoms with van der Waals surface area (Å²) in [7, 11) is 0. The van der Waals surface area contributed by atoms with Crippen LogP contribution in [0, 0.1) is 6.92 Å². The Balaban J connectivity index is 1.95. The highest BCUT2D eigenvalue weighted by Crippen LogP contribution is 2.35. The van der Waals surface area contributed by atoms with Gasteiger partial charge in [-0.05, 0) is 38.3 Å². The number of aromatic nitrogens is 2. The highest BCUT2D eigenvalue weighted by atomic mass is 16.5. The highest BCUT2D eigenvalue weighted by Gasteiger charge is 2.39. The van der Waals surface area contributed by atoms with Crippen LogP contribution in [0.1, 0.15) is 44.1 Å². The Morgan fingerprint density at radius 2 is 2.20 bits per heavy atom. The third kappa shape index (κ3) is 2.24. The SMILES string of the molecule is CCCC1(c2nc(-c3ccccc3C)no2)CCCN1. The Labute approximate surface area is 119 Å². The van der Waals surface area contributed by atoms with Crippen molar-refractivity contribution in [1.82, 2.24) is 15.5 Å². The van der Waals surface area contributed by atoms with Crippen LogP contribution in [0.25, 0.3) is 11.4 Å². The zero-order chi connectivity index (χ0) is 14.0. The van der Waals surface area contributed by atoms with E-state index in [0.717, 1.165) is 37.3 Å². The number of benzene rings is 1. The van der Waals surface area contributed by atoms with Gasteiger partial charge in [0.05, 0.1) is 5.54 Å². The van der Waals surface area contributed by atoms with Crippen molar-refractivity contribution in [3.63, 3.8) is 0 Å². The minimum Gasteiger partial charge on any atom is -0.337 e. The second-order valence-corrected chi connectivity index (χ2v) is 5.60. The molecule has 0 amide bonds. The number of hydrogen-bond acceptors (Lipinski definition) is 4. The lowest BCUT2D eigenvalue weighted by Gasteiger charge is -2.24. The van der Waals surface area contributed by atoms with Gasteiger partial charge in [0.15, 0.2) is 0 Å². The normalized spacial score (nSPS) is 22.3. The van der Waals surface area contributed by atoms with Crippen LogP contribution in [0.5, 0.6) is 0 Å². The van der Waals surface area contributed by atoms with E-state index in [1.165, 1.54) is 12.0 Å². The molecule has 0 bridgehead atoms. The van der Waals surface area contributed by atoms with Crippen LogP contribution in [0.4, 0.5) is 0 Å². The molecule has 1 N–H and O–H groups in total. The summed E-state index contributed by atoms with van der Waals surface area (Å²) in [4.78, 5) is 4.67. The van der Waals surface area contributed by atoms with E-state index in [9.17, 15) is 0 Å². The monoisotopic (exact) mass is 271 g/mol. The lowest BCUT2D eigenvalue weighted by atomic mass is 9.92. The minimum absolute atomic E-state index is 0.108. The van der Waals surface area contributed by atoms with Gasteiger partial charge >= 0.3 is 0 Å². The van der Waals surface area contributed by atoms with Gasteiger partial charge in [0.2, 0.25) is 11.7 Å². The first-order valence-corrected chi connectivity index (χ1v) is 7.40. The number of rotatable bonds is 4. The van der Waals surface area contributed by atoms with E-state index >= 15 is 0 Å². The van der Waals surface area contributed by atoms with Gasteiger partial charge in [-0.15, -0.1) is 0 Å². The molecule has 2 heterocycles. The average molecular weight is 271 g/mol. The van der Waals surface area contributed by atoms with Crippen molar-refractivity contribution < 1.29 is 4.52 Å². The molecule has 20 heavy (non-hydrogen) atoms. The first-order valence-electron chi connectivity index (χ1n) is 7.40. The number of aryl methyl sites for hydroxylation is 1. The van der Waals surface area contributed by atoms with E-state index in [4.69, 9.17) is 4.52 Å². The molecule has 0 spiro atoms. The fourth-order valence-corrected chi connectivity index (χ4v) is 3.09. The smallest absolute Gasteiger partial charge is 0.247 e. The first-order chi connectivity index (χ1) is 9.75. The van der Waals surface area contributed by atoms with Crippen molar-refractivity contribution in [1.29, 1.82) is 0 Å². The molecule has 1 aliphatic rings. The zero-order valence-corrected chi connectivity index (χ0v) is 12.1. The van der Waals surface area contributed by atoms with E-state index in [0.29, 0.717) is 5.82 Å². The van der Waals surface area contributed by atoms with Crippen LogP contribution in [0.15, 0.2) is 28.8 Å². The fraction of sp³-hybridized carbons (Fsp3) is 0.500. The summed E-state index contributed by atoms with van der Waals surface area (Å²) in [5.74, 6) is 1.44. The van der Waals surface area contributed by atoms with Crippen molar-refractivity contribution in [2.24, 2.45) is 0 Å². The van der Waals surface area contributed by atoms with Gasteiger partial charge in [-0.1, -0.05) is 42.8 Å². The maximum Gasteiger partial charge on any atom is 0.247 e. The van der Waals surface area contributed by atoms with Crippen molar-refractivity contribution in [3.8, 4) is 11.4 Å². The van der Waals surface area contributed by atoms with Crippen LogP contribution < -0.4 is 5.32 Å². The van der Waals surface area contributed by atoms with Gasteiger partial charge in [-0.25, -0.2) is 0 Å². The van der Waals surface area contributed by atoms with E-state index in [1.54, 1.807) is 0 Å². The van der Waals surface area contributed by atoms with Crippen molar-refractivity contribution >= 4 is 0 Å². The molecule has 2 aromatic rings. The van der Waals surface area contributed by atoms with E-state index in [2.05, 4.69) is 35.4 Å². The molecule has 3 rings (SSSR count). The molecule has 1 unspecified atom stereocenters. The van der Waals surface area contributed by atoms with Gasteiger partial charge in [-0.3, -0.25) is 0 Å². The van der Waals surface area contributed by atoms with Crippen molar-refractivity contribution in [2.45, 2.75) is 45.1 Å². The molecule has 1 atom stereocenters. The number of nitrogens with zero attached hydrogens (tertiary/aromatic N) is 2. The minimum atomic E-state index is -0.108. The van der Waals surface area contributed by atoms with Gasteiger partial charge in [0.1, 0.15) is 0 Å². The average Bonchev–Trinajstić information content (AvgIpc) is 3.09. The van der Waals surface area contributed by atoms with Gasteiger partial charge in [0, 0.05) is 5.56 Å². The standard InChI is InChI=1S/C16H21N3O/c1-3-9-16(10-6-11-17-16)15-18-14(19-20-15)13-8-5-4-7-12(13)2/h4-5,7-8,17H,3,6,9-11H2,1-2H3. The molecule has 1 aromatic carbocycles. The summed E-state index contributed by atoms with van der Waals surface area (Å²) in [5, 5.41) is 7.76. The summed E-state index contributed by atoms with van der Waals surface area (Å²) in [6, 6.07) is 8.14. The van der Waals surface area contributed by atoms with Crippen molar-refractivity contribution in [2.75, 3.05) is 6.54 Å². The van der Waals surface area contributed by atoms with Crippen LogP contribution in [-0.4, -0.2) is 16.7 Å². The molecule has 1 aliphatic heterocycles. The largest absolute Gasteiger partial charge is 0.337 e. The van der Waals surface area contributed by atoms with Crippen LogP contribution in [-0.2, 0) is 5.54 Å². The first kappa shape index (κ1) is 13.3. The highest BCUT2D eigenvalue weighted by molar-refractivity contribution is 5.59. The Morgan fingerprint density at radius 3 is 2.90 bits per heavy atom. The Hall–Kier alpha value is -1.68. The lowest BCUT2D eigenvalue weighted by molar-refractivity contribution is 0.241. The fourth-order valence-electron chi connectivity index (χ4n) is 3.09. The summed E-state index contributed by atoms with van der Waals surface area (Å²) in [6.07, 6.45) is 4.40. The summed E-state index contributed by atoms with van der Waals surface area (Å²) < 4.78 is 5.59. The molecular formula is C16H21N3O. The molecule has 4 heteroatoms. The molecular weight excluding hydrogens is 250 g/mol. The Kier molecular flexibility index (Phi) is 3.57. The third-order valence-corrected chi connectivity index (χ3v) is 4.14. The lowest BCUT2D eigenvalue weighted by Crippen LogP contribution is -2.36. The van der Waals surface area contributed by atoms with Crippen LogP contribution >= 0.6 is 0 Å². The molecule has 0 aliphatic carbocycles. The Morgan fingerprint density at radius 1 is 1.35 bits per heavy atom. The van der Waals surface area contributed by atoms with E-state index < -0.39 is 0 Å². The predicted octanol–water partition coefficient (Wildman–Crippen LogP) is 3.42.